The van der Waals surface area contributed by atoms with Gasteiger partial charge >= 0.3 is 0 Å². The Morgan fingerprint density at radius 2 is 1.82 bits per heavy atom. The molecule has 0 saturated heterocycles. The lowest BCUT2D eigenvalue weighted by molar-refractivity contribution is -0.127. The summed E-state index contributed by atoms with van der Waals surface area (Å²) in [6, 6.07) is 17.9. The molecule has 1 amide bonds. The standard InChI is InChI=1S/C19H23NO2/c1-14-8-7-11-18(12-14)22-16(3)19(21)20-13-15(2)17-9-5-4-6-10-17/h4-12,15-16H,13H2,1-3H3,(H,20,21)/t15-,16+/m0/s1. The lowest BCUT2D eigenvalue weighted by atomic mass is 10.0. The summed E-state index contributed by atoms with van der Waals surface area (Å²) in [5, 5.41) is 2.95. The zero-order valence-electron chi connectivity index (χ0n) is 13.4. The second-order valence-corrected chi connectivity index (χ2v) is 5.63. The largest absolute Gasteiger partial charge is 0.481 e. The monoisotopic (exact) mass is 297 g/mol. The summed E-state index contributed by atoms with van der Waals surface area (Å²) in [5.41, 5.74) is 2.33. The predicted molar refractivity (Wildman–Crippen MR) is 89.1 cm³/mol. The molecule has 0 aliphatic heterocycles. The van der Waals surface area contributed by atoms with Gasteiger partial charge in [0.15, 0.2) is 6.10 Å². The fraction of sp³-hybridized carbons (Fsp3) is 0.316. The molecule has 0 unspecified atom stereocenters. The average Bonchev–Trinajstić information content (AvgIpc) is 2.53. The molecule has 0 fully saturated rings. The first-order valence-corrected chi connectivity index (χ1v) is 7.62. The molecule has 0 spiro atoms. The van der Waals surface area contributed by atoms with Gasteiger partial charge in [-0.1, -0.05) is 49.4 Å². The van der Waals surface area contributed by atoms with Crippen LogP contribution in [0.4, 0.5) is 0 Å². The van der Waals surface area contributed by atoms with Crippen LogP contribution in [-0.2, 0) is 4.79 Å². The van der Waals surface area contributed by atoms with Gasteiger partial charge in [-0.3, -0.25) is 4.79 Å². The fourth-order valence-corrected chi connectivity index (χ4v) is 2.24. The summed E-state index contributed by atoms with van der Waals surface area (Å²) in [7, 11) is 0. The summed E-state index contributed by atoms with van der Waals surface area (Å²) in [4.78, 5) is 12.1. The summed E-state index contributed by atoms with van der Waals surface area (Å²) in [6.45, 7) is 6.47. The van der Waals surface area contributed by atoms with Crippen LogP contribution in [0.25, 0.3) is 0 Å². The van der Waals surface area contributed by atoms with E-state index in [4.69, 9.17) is 4.74 Å². The van der Waals surface area contributed by atoms with E-state index in [1.807, 2.05) is 49.4 Å². The van der Waals surface area contributed by atoms with E-state index in [1.165, 1.54) is 5.56 Å². The highest BCUT2D eigenvalue weighted by Crippen LogP contribution is 2.15. The van der Waals surface area contributed by atoms with Crippen LogP contribution in [0.2, 0.25) is 0 Å². The molecular formula is C19H23NO2. The lowest BCUT2D eigenvalue weighted by Gasteiger charge is -2.17. The molecule has 3 nitrogen and oxygen atoms in total. The topological polar surface area (TPSA) is 38.3 Å². The highest BCUT2D eigenvalue weighted by atomic mass is 16.5. The molecule has 0 radical (unpaired) electrons. The smallest absolute Gasteiger partial charge is 0.260 e. The second-order valence-electron chi connectivity index (χ2n) is 5.63. The highest BCUT2D eigenvalue weighted by Gasteiger charge is 2.15. The first-order chi connectivity index (χ1) is 10.6. The molecule has 22 heavy (non-hydrogen) atoms. The molecular weight excluding hydrogens is 274 g/mol. The van der Waals surface area contributed by atoms with Crippen LogP contribution in [0, 0.1) is 6.92 Å². The molecule has 116 valence electrons. The van der Waals surface area contributed by atoms with Crippen molar-refractivity contribution in [3.63, 3.8) is 0 Å². The van der Waals surface area contributed by atoms with Crippen molar-refractivity contribution in [3.8, 4) is 5.75 Å². The third kappa shape index (κ3) is 4.62. The van der Waals surface area contributed by atoms with E-state index in [-0.39, 0.29) is 11.8 Å². The highest BCUT2D eigenvalue weighted by molar-refractivity contribution is 5.80. The molecule has 2 rings (SSSR count). The molecule has 2 aromatic carbocycles. The van der Waals surface area contributed by atoms with Crippen molar-refractivity contribution in [2.24, 2.45) is 0 Å². The molecule has 0 heterocycles. The minimum atomic E-state index is -0.509. The Labute approximate surface area is 132 Å². The number of hydrogen-bond donors (Lipinski definition) is 1. The number of rotatable bonds is 6. The number of hydrogen-bond acceptors (Lipinski definition) is 2. The molecule has 2 atom stereocenters. The van der Waals surface area contributed by atoms with Crippen LogP contribution in [-0.4, -0.2) is 18.6 Å². The normalized spacial score (nSPS) is 13.2. The van der Waals surface area contributed by atoms with Gasteiger partial charge in [0.25, 0.3) is 5.91 Å². The maximum atomic E-state index is 12.1. The predicted octanol–water partition coefficient (Wildman–Crippen LogP) is 3.68. The molecule has 2 aromatic rings. The Hall–Kier alpha value is -2.29. The minimum absolute atomic E-state index is 0.0933. The van der Waals surface area contributed by atoms with E-state index in [2.05, 4.69) is 24.4 Å². The van der Waals surface area contributed by atoms with E-state index in [0.717, 1.165) is 11.3 Å². The summed E-state index contributed by atoms with van der Waals surface area (Å²) < 4.78 is 5.68. The van der Waals surface area contributed by atoms with Gasteiger partial charge in [0, 0.05) is 6.54 Å². The number of ether oxygens (including phenoxy) is 1. The van der Waals surface area contributed by atoms with Crippen molar-refractivity contribution in [2.45, 2.75) is 32.8 Å². The van der Waals surface area contributed by atoms with Gasteiger partial charge in [-0.25, -0.2) is 0 Å². The van der Waals surface area contributed by atoms with Crippen LogP contribution in [0.15, 0.2) is 54.6 Å². The van der Waals surface area contributed by atoms with E-state index >= 15 is 0 Å². The van der Waals surface area contributed by atoms with E-state index in [9.17, 15) is 4.79 Å². The van der Waals surface area contributed by atoms with Crippen LogP contribution >= 0.6 is 0 Å². The zero-order chi connectivity index (χ0) is 15.9. The Morgan fingerprint density at radius 1 is 1.09 bits per heavy atom. The maximum Gasteiger partial charge on any atom is 0.260 e. The van der Waals surface area contributed by atoms with Crippen LogP contribution in [0.1, 0.15) is 30.9 Å². The molecule has 0 aliphatic carbocycles. The Bertz CT molecular complexity index is 610. The minimum Gasteiger partial charge on any atom is -0.481 e. The quantitative estimate of drug-likeness (QED) is 0.883. The van der Waals surface area contributed by atoms with Crippen LogP contribution in [0.5, 0.6) is 5.75 Å². The molecule has 0 aliphatic rings. The van der Waals surface area contributed by atoms with E-state index in [1.54, 1.807) is 6.92 Å². The SMILES string of the molecule is Cc1cccc(O[C@H](C)C(=O)NC[C@H](C)c2ccccc2)c1. The first kappa shape index (κ1) is 16.1. The molecule has 0 saturated carbocycles. The van der Waals surface area contributed by atoms with Gasteiger partial charge in [0.2, 0.25) is 0 Å². The third-order valence-corrected chi connectivity index (χ3v) is 3.62. The first-order valence-electron chi connectivity index (χ1n) is 7.62. The average molecular weight is 297 g/mol. The number of carbonyl (C=O) groups excluding carboxylic acids is 1. The van der Waals surface area contributed by atoms with Crippen molar-refractivity contribution in [2.75, 3.05) is 6.54 Å². The number of benzene rings is 2. The van der Waals surface area contributed by atoms with Crippen molar-refractivity contribution >= 4 is 5.91 Å². The summed E-state index contributed by atoms with van der Waals surface area (Å²) in [6.07, 6.45) is -0.509. The number of amides is 1. The van der Waals surface area contributed by atoms with Gasteiger partial charge in [0.1, 0.15) is 5.75 Å². The summed E-state index contributed by atoms with van der Waals surface area (Å²) >= 11 is 0. The van der Waals surface area contributed by atoms with Crippen LogP contribution in [0.3, 0.4) is 0 Å². The van der Waals surface area contributed by atoms with Crippen molar-refractivity contribution in [3.05, 3.63) is 65.7 Å². The molecule has 1 N–H and O–H groups in total. The van der Waals surface area contributed by atoms with Crippen molar-refractivity contribution in [1.82, 2.24) is 5.32 Å². The zero-order valence-corrected chi connectivity index (χ0v) is 13.4. The lowest BCUT2D eigenvalue weighted by Crippen LogP contribution is -2.38. The van der Waals surface area contributed by atoms with Gasteiger partial charge in [0.05, 0.1) is 0 Å². The van der Waals surface area contributed by atoms with E-state index < -0.39 is 6.10 Å². The second kappa shape index (κ2) is 7.64. The maximum absolute atomic E-state index is 12.1. The van der Waals surface area contributed by atoms with Gasteiger partial charge < -0.3 is 10.1 Å². The molecule has 3 heteroatoms. The van der Waals surface area contributed by atoms with Crippen molar-refractivity contribution in [1.29, 1.82) is 0 Å². The molecule has 0 bridgehead atoms. The fourth-order valence-electron chi connectivity index (χ4n) is 2.24. The van der Waals surface area contributed by atoms with Gasteiger partial charge in [-0.15, -0.1) is 0 Å². The summed E-state index contributed by atoms with van der Waals surface area (Å²) in [5.74, 6) is 0.902. The Balaban J connectivity index is 1.84. The number of aryl methyl sites for hydroxylation is 1. The number of carbonyl (C=O) groups is 1. The van der Waals surface area contributed by atoms with Gasteiger partial charge in [-0.05, 0) is 43.0 Å². The number of nitrogens with one attached hydrogen (secondary N) is 1. The van der Waals surface area contributed by atoms with Crippen molar-refractivity contribution < 1.29 is 9.53 Å². The molecule has 0 aromatic heterocycles. The Morgan fingerprint density at radius 3 is 2.50 bits per heavy atom. The Kier molecular flexibility index (Phi) is 5.59. The third-order valence-electron chi connectivity index (χ3n) is 3.62. The van der Waals surface area contributed by atoms with E-state index in [0.29, 0.717) is 6.54 Å². The van der Waals surface area contributed by atoms with Crippen LogP contribution < -0.4 is 10.1 Å². The van der Waals surface area contributed by atoms with Gasteiger partial charge in [-0.2, -0.15) is 0 Å².